The summed E-state index contributed by atoms with van der Waals surface area (Å²) in [6.07, 6.45) is 4.26. The Kier molecular flexibility index (Phi) is 1.90. The lowest BCUT2D eigenvalue weighted by Gasteiger charge is -2.14. The number of aldehydes is 1. The van der Waals surface area contributed by atoms with E-state index in [1.165, 1.54) is 25.6 Å². The molecule has 0 bridgehead atoms. The van der Waals surface area contributed by atoms with Crippen LogP contribution in [0.25, 0.3) is 0 Å². The molecule has 0 aliphatic rings. The lowest BCUT2D eigenvalue weighted by atomic mass is 10.2. The van der Waals surface area contributed by atoms with E-state index in [9.17, 15) is 14.9 Å². The first kappa shape index (κ1) is 8.38. The van der Waals surface area contributed by atoms with Gasteiger partial charge in [0.2, 0.25) is 6.29 Å². The van der Waals surface area contributed by atoms with Crippen molar-refractivity contribution in [3.63, 3.8) is 0 Å². The van der Waals surface area contributed by atoms with Gasteiger partial charge in [-0.3, -0.25) is 19.5 Å². The number of nitrogens with zero attached hydrogens (tertiary/aromatic N) is 3. The average Bonchev–Trinajstić information content (AvgIpc) is 2.54. The summed E-state index contributed by atoms with van der Waals surface area (Å²) in [6.45, 7) is 1.21. The second-order valence-electron chi connectivity index (χ2n) is 2.44. The zero-order valence-electron chi connectivity index (χ0n) is 6.38. The molecule has 1 aromatic rings. The first-order valence-electron chi connectivity index (χ1n) is 3.20. The van der Waals surface area contributed by atoms with Crippen LogP contribution in [0.5, 0.6) is 0 Å². The van der Waals surface area contributed by atoms with Crippen molar-refractivity contribution in [3.05, 3.63) is 28.8 Å². The molecule has 0 N–H and O–H groups in total. The van der Waals surface area contributed by atoms with Gasteiger partial charge >= 0.3 is 5.66 Å². The normalized spacial score (nSPS) is 15.1. The molecule has 0 aliphatic carbocycles. The zero-order chi connectivity index (χ0) is 9.19. The number of hydrogen-bond donors (Lipinski definition) is 0. The number of carbonyl (C=O) groups excluding carboxylic acids is 1. The fraction of sp³-hybridized carbons (Fsp3) is 0.333. The summed E-state index contributed by atoms with van der Waals surface area (Å²) in [5, 5.41) is 10.5. The van der Waals surface area contributed by atoms with Crippen molar-refractivity contribution in [3.8, 4) is 0 Å². The molecule has 1 heterocycles. The molecule has 0 spiro atoms. The minimum atomic E-state index is -1.74. The number of rotatable bonds is 3. The van der Waals surface area contributed by atoms with Crippen LogP contribution in [0.3, 0.4) is 0 Å². The predicted octanol–water partition coefficient (Wildman–Crippen LogP) is 0.0314. The van der Waals surface area contributed by atoms with Gasteiger partial charge in [-0.15, -0.1) is 0 Å². The molecule has 12 heavy (non-hydrogen) atoms. The summed E-state index contributed by atoms with van der Waals surface area (Å²) in [6, 6.07) is 0. The van der Waals surface area contributed by atoms with Gasteiger partial charge in [0, 0.05) is 19.3 Å². The Morgan fingerprint density at radius 2 is 2.42 bits per heavy atom. The molecule has 1 unspecified atom stereocenters. The quantitative estimate of drug-likeness (QED) is 0.363. The van der Waals surface area contributed by atoms with E-state index in [0.717, 1.165) is 4.57 Å². The van der Waals surface area contributed by atoms with E-state index in [4.69, 9.17) is 0 Å². The summed E-state index contributed by atoms with van der Waals surface area (Å²) in [4.78, 5) is 23.9. The van der Waals surface area contributed by atoms with Crippen molar-refractivity contribution in [1.82, 2.24) is 9.55 Å². The van der Waals surface area contributed by atoms with Crippen molar-refractivity contribution in [2.45, 2.75) is 12.6 Å². The van der Waals surface area contributed by atoms with E-state index in [1.807, 2.05) is 0 Å². The Morgan fingerprint density at radius 1 is 1.75 bits per heavy atom. The van der Waals surface area contributed by atoms with Gasteiger partial charge in [0.25, 0.3) is 0 Å². The lowest BCUT2D eigenvalue weighted by Crippen LogP contribution is -2.39. The van der Waals surface area contributed by atoms with Gasteiger partial charge in [0.05, 0.1) is 4.92 Å². The highest BCUT2D eigenvalue weighted by atomic mass is 16.6. The fourth-order valence-corrected chi connectivity index (χ4v) is 0.725. The van der Waals surface area contributed by atoms with Gasteiger partial charge in [0.1, 0.15) is 6.33 Å². The topological polar surface area (TPSA) is 78.0 Å². The third-order valence-electron chi connectivity index (χ3n) is 1.62. The summed E-state index contributed by atoms with van der Waals surface area (Å²) in [5.74, 6) is 0. The monoisotopic (exact) mass is 169 g/mol. The second-order valence-corrected chi connectivity index (χ2v) is 2.44. The predicted molar refractivity (Wildman–Crippen MR) is 38.9 cm³/mol. The number of carbonyl (C=O) groups is 1. The maximum Gasteiger partial charge on any atom is 0.353 e. The number of aromatic nitrogens is 2. The first-order chi connectivity index (χ1) is 5.61. The Bertz CT molecular complexity index is 295. The third kappa shape index (κ3) is 1.07. The van der Waals surface area contributed by atoms with E-state index < -0.39 is 10.6 Å². The van der Waals surface area contributed by atoms with Gasteiger partial charge < -0.3 is 0 Å². The fourth-order valence-electron chi connectivity index (χ4n) is 0.725. The molecule has 0 fully saturated rings. The van der Waals surface area contributed by atoms with Crippen molar-refractivity contribution in [2.75, 3.05) is 0 Å². The van der Waals surface area contributed by atoms with Gasteiger partial charge in [-0.1, -0.05) is 0 Å². The molecular weight excluding hydrogens is 162 g/mol. The van der Waals surface area contributed by atoms with Crippen LogP contribution >= 0.6 is 0 Å². The Morgan fingerprint density at radius 3 is 2.75 bits per heavy atom. The molecular formula is C6H7N3O3. The Labute approximate surface area is 68.0 Å². The van der Waals surface area contributed by atoms with Crippen molar-refractivity contribution < 1.29 is 9.72 Å². The van der Waals surface area contributed by atoms with E-state index in [2.05, 4.69) is 4.98 Å². The number of nitro groups is 1. The van der Waals surface area contributed by atoms with Gasteiger partial charge in [-0.05, 0) is 0 Å². The molecule has 0 aliphatic heterocycles. The highest BCUT2D eigenvalue weighted by molar-refractivity contribution is 5.58. The average molecular weight is 169 g/mol. The second kappa shape index (κ2) is 2.72. The van der Waals surface area contributed by atoms with Crippen molar-refractivity contribution >= 4 is 6.29 Å². The molecule has 64 valence electrons. The minimum absolute atomic E-state index is 0.272. The molecule has 6 nitrogen and oxygen atoms in total. The molecule has 0 aromatic carbocycles. The van der Waals surface area contributed by atoms with Crippen LogP contribution in [0.4, 0.5) is 0 Å². The van der Waals surface area contributed by atoms with Crippen LogP contribution in [0.2, 0.25) is 0 Å². The van der Waals surface area contributed by atoms with Crippen LogP contribution in [-0.2, 0) is 10.5 Å². The van der Waals surface area contributed by atoms with E-state index in [-0.39, 0.29) is 6.29 Å². The van der Waals surface area contributed by atoms with E-state index >= 15 is 0 Å². The van der Waals surface area contributed by atoms with Crippen LogP contribution in [0.1, 0.15) is 6.92 Å². The molecule has 1 aromatic heterocycles. The highest BCUT2D eigenvalue weighted by Gasteiger charge is 2.38. The van der Waals surface area contributed by atoms with Crippen LogP contribution in [0, 0.1) is 10.1 Å². The van der Waals surface area contributed by atoms with Crippen LogP contribution in [0.15, 0.2) is 18.7 Å². The molecule has 0 saturated heterocycles. The molecule has 6 heteroatoms. The van der Waals surface area contributed by atoms with E-state index in [0.29, 0.717) is 0 Å². The minimum Gasteiger partial charge on any atom is -0.293 e. The summed E-state index contributed by atoms with van der Waals surface area (Å²) in [7, 11) is 0. The Balaban J connectivity index is 3.12. The standard InChI is InChI=1S/C6H7N3O3/c1-6(4-10,9(11)12)8-3-2-7-5-8/h2-5H,1H3. The number of hydrogen-bond acceptors (Lipinski definition) is 4. The third-order valence-corrected chi connectivity index (χ3v) is 1.62. The molecule has 1 atom stereocenters. The summed E-state index contributed by atoms with van der Waals surface area (Å²) in [5.41, 5.74) is -1.74. The van der Waals surface area contributed by atoms with Gasteiger partial charge in [-0.2, -0.15) is 0 Å². The maximum atomic E-state index is 10.5. The van der Waals surface area contributed by atoms with Gasteiger partial charge in [0.15, 0.2) is 0 Å². The largest absolute Gasteiger partial charge is 0.353 e. The summed E-state index contributed by atoms with van der Waals surface area (Å²) < 4.78 is 1.14. The van der Waals surface area contributed by atoms with Crippen molar-refractivity contribution in [2.24, 2.45) is 0 Å². The number of imidazole rings is 1. The van der Waals surface area contributed by atoms with Crippen LogP contribution < -0.4 is 0 Å². The molecule has 0 amide bonds. The summed E-state index contributed by atoms with van der Waals surface area (Å²) >= 11 is 0. The van der Waals surface area contributed by atoms with Crippen molar-refractivity contribution in [1.29, 1.82) is 0 Å². The smallest absolute Gasteiger partial charge is 0.293 e. The lowest BCUT2D eigenvalue weighted by molar-refractivity contribution is -0.574. The molecule has 1 rings (SSSR count). The molecule has 0 saturated carbocycles. The highest BCUT2D eigenvalue weighted by Crippen LogP contribution is 2.12. The van der Waals surface area contributed by atoms with Crippen LogP contribution in [-0.4, -0.2) is 20.8 Å². The maximum absolute atomic E-state index is 10.5. The van der Waals surface area contributed by atoms with E-state index in [1.54, 1.807) is 0 Å². The molecule has 0 radical (unpaired) electrons. The Hall–Kier alpha value is -1.72. The SMILES string of the molecule is CC(C=O)(n1ccnc1)[N+](=O)[O-]. The first-order valence-corrected chi connectivity index (χ1v) is 3.20. The zero-order valence-corrected chi connectivity index (χ0v) is 6.38. The van der Waals surface area contributed by atoms with Gasteiger partial charge in [-0.25, -0.2) is 4.98 Å².